The molecule has 0 heterocycles. The number of rotatable bonds is 10. The highest BCUT2D eigenvalue weighted by Gasteiger charge is 2.44. The number of ether oxygens (including phenoxy) is 3. The first-order valence-electron chi connectivity index (χ1n) is 13.8. The predicted molar refractivity (Wildman–Crippen MR) is 154 cm³/mol. The quantitative estimate of drug-likeness (QED) is 0.241. The maximum absolute atomic E-state index is 6.39. The topological polar surface area (TPSA) is 27.7 Å². The van der Waals surface area contributed by atoms with E-state index in [2.05, 4.69) is 96.2 Å². The lowest BCUT2D eigenvalue weighted by atomic mass is 9.59. The minimum atomic E-state index is -0.364. The van der Waals surface area contributed by atoms with Crippen LogP contribution >= 0.6 is 0 Å². The van der Waals surface area contributed by atoms with Crippen LogP contribution in [0.5, 0.6) is 5.75 Å². The number of hydrogen-bond acceptors (Lipinski definition) is 3. The lowest BCUT2D eigenvalue weighted by molar-refractivity contribution is -0.116. The second-order valence-electron chi connectivity index (χ2n) is 12.2. The lowest BCUT2D eigenvalue weighted by Gasteiger charge is -2.46. The first-order chi connectivity index (χ1) is 17.6. The van der Waals surface area contributed by atoms with Gasteiger partial charge in [0.15, 0.2) is 6.29 Å². The molecular weight excluding hydrogens is 456 g/mol. The molecule has 3 heteroatoms. The van der Waals surface area contributed by atoms with Crippen LogP contribution in [0.15, 0.2) is 90.3 Å². The van der Waals surface area contributed by atoms with Crippen molar-refractivity contribution in [1.82, 2.24) is 0 Å². The highest BCUT2D eigenvalue weighted by Crippen LogP contribution is 2.52. The first kappa shape index (κ1) is 27.3. The summed E-state index contributed by atoms with van der Waals surface area (Å²) in [5, 5.41) is 2.29. The van der Waals surface area contributed by atoms with Crippen LogP contribution in [0.2, 0.25) is 0 Å². The van der Waals surface area contributed by atoms with Gasteiger partial charge in [0, 0.05) is 16.7 Å². The molecule has 4 unspecified atom stereocenters. The molecule has 0 fully saturated rings. The third kappa shape index (κ3) is 6.38. The molecule has 0 aromatic heterocycles. The molecule has 0 amide bonds. The largest absolute Gasteiger partial charge is 0.491 e. The highest BCUT2D eigenvalue weighted by molar-refractivity contribution is 5.88. The molecule has 198 valence electrons. The van der Waals surface area contributed by atoms with E-state index in [1.54, 1.807) is 0 Å². The average molecular weight is 501 g/mol. The van der Waals surface area contributed by atoms with E-state index in [0.717, 1.165) is 23.3 Å². The van der Waals surface area contributed by atoms with E-state index in [9.17, 15) is 0 Å². The fourth-order valence-electron chi connectivity index (χ4n) is 5.78. The first-order valence-corrected chi connectivity index (χ1v) is 13.8. The monoisotopic (exact) mass is 500 g/mol. The number of allylic oxidation sites excluding steroid dienone is 7. The standard InChI is InChI=1S/C34H44O3/c1-24(2)28(23-33(4,5)6)29-16-11-17-30-32(19-12-20-34(29,30)7)37-25(3)35-21-22-36-31-18-10-14-26-13-8-9-15-27(26)31/h8-20,24-25,28,30H,21-23H2,1-7H3. The summed E-state index contributed by atoms with van der Waals surface area (Å²) in [6.45, 7) is 17.0. The summed E-state index contributed by atoms with van der Waals surface area (Å²) in [7, 11) is 0. The zero-order chi connectivity index (χ0) is 26.6. The predicted octanol–water partition coefficient (Wildman–Crippen LogP) is 8.88. The molecule has 37 heavy (non-hydrogen) atoms. The van der Waals surface area contributed by atoms with E-state index in [0.29, 0.717) is 25.0 Å². The van der Waals surface area contributed by atoms with Gasteiger partial charge in [-0.25, -0.2) is 0 Å². The maximum atomic E-state index is 6.39. The summed E-state index contributed by atoms with van der Waals surface area (Å²) in [6.07, 6.45) is 14.3. The number of hydrogen-bond donors (Lipinski definition) is 0. The molecule has 0 aliphatic heterocycles. The Hall–Kier alpha value is -2.78. The molecule has 2 aliphatic carbocycles. The Morgan fingerprint density at radius 3 is 2.43 bits per heavy atom. The molecule has 2 aromatic carbocycles. The zero-order valence-electron chi connectivity index (χ0n) is 23.7. The molecule has 0 saturated carbocycles. The Morgan fingerprint density at radius 1 is 0.919 bits per heavy atom. The summed E-state index contributed by atoms with van der Waals surface area (Å²) in [4.78, 5) is 0. The summed E-state index contributed by atoms with van der Waals surface area (Å²) in [5.41, 5.74) is 1.68. The SMILES string of the molecule is CC(OCCOc1cccc2ccccc12)OC1=CC=CC2(C)C(C(CC(C)(C)C)C(C)C)=CC=CC12. The van der Waals surface area contributed by atoms with Gasteiger partial charge in [0.25, 0.3) is 0 Å². The molecule has 0 spiro atoms. The van der Waals surface area contributed by atoms with Crippen LogP contribution in [0.1, 0.15) is 54.9 Å². The van der Waals surface area contributed by atoms with Gasteiger partial charge >= 0.3 is 0 Å². The average Bonchev–Trinajstić information content (AvgIpc) is 2.84. The molecular formula is C34H44O3. The van der Waals surface area contributed by atoms with Crippen molar-refractivity contribution in [3.05, 3.63) is 90.3 Å². The summed E-state index contributed by atoms with van der Waals surface area (Å²) < 4.78 is 18.4. The molecule has 2 aliphatic rings. The Morgan fingerprint density at radius 2 is 1.68 bits per heavy atom. The zero-order valence-corrected chi connectivity index (χ0v) is 23.7. The van der Waals surface area contributed by atoms with Gasteiger partial charge in [0.05, 0.1) is 6.61 Å². The van der Waals surface area contributed by atoms with Gasteiger partial charge in [-0.3, -0.25) is 0 Å². The molecule has 0 saturated heterocycles. The minimum Gasteiger partial charge on any atom is -0.491 e. The van der Waals surface area contributed by atoms with E-state index in [-0.39, 0.29) is 23.0 Å². The van der Waals surface area contributed by atoms with Gasteiger partial charge < -0.3 is 14.2 Å². The smallest absolute Gasteiger partial charge is 0.196 e. The fraction of sp³-hybridized carbons (Fsp3) is 0.471. The van der Waals surface area contributed by atoms with E-state index in [1.165, 1.54) is 11.0 Å². The highest BCUT2D eigenvalue weighted by atomic mass is 16.7. The van der Waals surface area contributed by atoms with Crippen molar-refractivity contribution in [1.29, 1.82) is 0 Å². The molecule has 4 rings (SSSR count). The Kier molecular flexibility index (Phi) is 8.33. The molecule has 0 radical (unpaired) electrons. The van der Waals surface area contributed by atoms with Crippen molar-refractivity contribution in [2.45, 2.75) is 61.2 Å². The van der Waals surface area contributed by atoms with Gasteiger partial charge in [-0.1, -0.05) is 114 Å². The van der Waals surface area contributed by atoms with Crippen LogP contribution < -0.4 is 4.74 Å². The van der Waals surface area contributed by atoms with Crippen molar-refractivity contribution in [3.8, 4) is 5.75 Å². The van der Waals surface area contributed by atoms with E-state index >= 15 is 0 Å². The van der Waals surface area contributed by atoms with Gasteiger partial charge in [0.1, 0.15) is 18.1 Å². The van der Waals surface area contributed by atoms with Crippen LogP contribution in [0.4, 0.5) is 0 Å². The van der Waals surface area contributed by atoms with Crippen LogP contribution in [-0.2, 0) is 9.47 Å². The van der Waals surface area contributed by atoms with Crippen molar-refractivity contribution in [2.75, 3.05) is 13.2 Å². The molecule has 3 nitrogen and oxygen atoms in total. The number of benzene rings is 2. The van der Waals surface area contributed by atoms with Crippen molar-refractivity contribution in [2.24, 2.45) is 28.6 Å². The van der Waals surface area contributed by atoms with Crippen LogP contribution in [0.25, 0.3) is 10.8 Å². The Balaban J connectivity index is 1.36. The normalized spacial score (nSPS) is 22.9. The third-order valence-electron chi connectivity index (χ3n) is 7.64. The molecule has 0 bridgehead atoms. The summed E-state index contributed by atoms with van der Waals surface area (Å²) in [6, 6.07) is 14.4. The molecule has 4 atom stereocenters. The van der Waals surface area contributed by atoms with Gasteiger partial charge in [-0.15, -0.1) is 0 Å². The van der Waals surface area contributed by atoms with Crippen molar-refractivity contribution >= 4 is 10.8 Å². The van der Waals surface area contributed by atoms with Gasteiger partial charge in [-0.05, 0) is 48.1 Å². The minimum absolute atomic E-state index is 0.101. The van der Waals surface area contributed by atoms with Crippen LogP contribution in [0, 0.1) is 28.6 Å². The Labute approximate surface area is 223 Å². The van der Waals surface area contributed by atoms with E-state index < -0.39 is 0 Å². The number of fused-ring (bicyclic) bond motifs is 2. The van der Waals surface area contributed by atoms with Crippen LogP contribution in [-0.4, -0.2) is 19.5 Å². The molecule has 0 N–H and O–H groups in total. The van der Waals surface area contributed by atoms with E-state index in [4.69, 9.17) is 14.2 Å². The second kappa shape index (κ2) is 11.3. The molecule has 2 aromatic rings. The fourth-order valence-corrected chi connectivity index (χ4v) is 5.78. The second-order valence-corrected chi connectivity index (χ2v) is 12.2. The van der Waals surface area contributed by atoms with Crippen molar-refractivity contribution in [3.63, 3.8) is 0 Å². The van der Waals surface area contributed by atoms with Crippen LogP contribution in [0.3, 0.4) is 0 Å². The third-order valence-corrected chi connectivity index (χ3v) is 7.64. The Bertz CT molecular complexity index is 1190. The lowest BCUT2D eigenvalue weighted by Crippen LogP contribution is -2.38. The summed E-state index contributed by atoms with van der Waals surface area (Å²) >= 11 is 0. The van der Waals surface area contributed by atoms with Gasteiger partial charge in [-0.2, -0.15) is 0 Å². The maximum Gasteiger partial charge on any atom is 0.196 e. The van der Waals surface area contributed by atoms with Crippen molar-refractivity contribution < 1.29 is 14.2 Å². The van der Waals surface area contributed by atoms with Gasteiger partial charge in [0.2, 0.25) is 0 Å². The summed E-state index contributed by atoms with van der Waals surface area (Å²) in [5.74, 6) is 3.10. The van der Waals surface area contributed by atoms with E-state index in [1.807, 2.05) is 31.2 Å².